The monoisotopic (exact) mass is 396 g/mol. The van der Waals surface area contributed by atoms with Crippen LogP contribution < -0.4 is 0 Å². The Morgan fingerprint density at radius 1 is 0.760 bits per heavy atom. The van der Waals surface area contributed by atoms with Crippen molar-refractivity contribution in [1.82, 2.24) is 0 Å². The highest BCUT2D eigenvalue weighted by Crippen LogP contribution is 2.30. The molecule has 0 saturated carbocycles. The zero-order valence-electron chi connectivity index (χ0n) is 12.9. The highest BCUT2D eigenvalue weighted by molar-refractivity contribution is 9.10. The average Bonchev–Trinajstić information content (AvgIpc) is 2.63. The van der Waals surface area contributed by atoms with Gasteiger partial charge in [0.15, 0.2) is 11.5 Å². The maximum atomic E-state index is 12.5. The fourth-order valence-electron chi connectivity index (χ4n) is 2.48. The van der Waals surface area contributed by atoms with Crippen molar-refractivity contribution < 1.29 is 19.8 Å². The number of benzene rings is 2. The molecule has 2 aromatic rings. The fourth-order valence-corrected chi connectivity index (χ4v) is 2.74. The van der Waals surface area contributed by atoms with Gasteiger partial charge in [-0.05, 0) is 29.3 Å². The van der Waals surface area contributed by atoms with Crippen molar-refractivity contribution in [3.63, 3.8) is 0 Å². The molecule has 0 spiro atoms. The molecule has 4 nitrogen and oxygen atoms in total. The normalized spacial score (nSPS) is 15.4. The number of aliphatic hydroxyl groups is 2. The highest BCUT2D eigenvalue weighted by Gasteiger charge is 2.34. The molecule has 0 bridgehead atoms. The second-order valence-electron chi connectivity index (χ2n) is 5.40. The number of aliphatic hydroxyl groups excluding tert-OH is 2. The van der Waals surface area contributed by atoms with Crippen molar-refractivity contribution >= 4 is 39.1 Å². The highest BCUT2D eigenvalue weighted by atomic mass is 79.9. The first-order chi connectivity index (χ1) is 12.0. The topological polar surface area (TPSA) is 74.6 Å². The van der Waals surface area contributed by atoms with E-state index in [1.54, 1.807) is 30.3 Å². The van der Waals surface area contributed by atoms with Crippen LogP contribution in [0.5, 0.6) is 0 Å². The molecule has 0 saturated heterocycles. The molecule has 5 heteroatoms. The van der Waals surface area contributed by atoms with Crippen molar-refractivity contribution in [3.8, 4) is 0 Å². The maximum Gasteiger partial charge on any atom is 0.232 e. The summed E-state index contributed by atoms with van der Waals surface area (Å²) in [4.78, 5) is 24.9. The molecule has 1 aliphatic carbocycles. The minimum atomic E-state index is -0.790. The van der Waals surface area contributed by atoms with Gasteiger partial charge in [0.1, 0.15) is 0 Å². The van der Waals surface area contributed by atoms with E-state index in [2.05, 4.69) is 15.9 Å². The van der Waals surface area contributed by atoms with Crippen LogP contribution in [-0.4, -0.2) is 21.8 Å². The minimum Gasteiger partial charge on any atom is -0.504 e. The van der Waals surface area contributed by atoms with Crippen LogP contribution in [0.2, 0.25) is 0 Å². The van der Waals surface area contributed by atoms with Crippen LogP contribution in [0.3, 0.4) is 0 Å². The third kappa shape index (κ3) is 3.32. The van der Waals surface area contributed by atoms with E-state index in [4.69, 9.17) is 0 Å². The summed E-state index contributed by atoms with van der Waals surface area (Å²) in [6.45, 7) is 0. The van der Waals surface area contributed by atoms with E-state index in [0.29, 0.717) is 5.56 Å². The van der Waals surface area contributed by atoms with Crippen molar-refractivity contribution in [1.29, 1.82) is 0 Å². The van der Waals surface area contributed by atoms with E-state index >= 15 is 0 Å². The molecule has 0 amide bonds. The van der Waals surface area contributed by atoms with Crippen LogP contribution in [0.1, 0.15) is 11.1 Å². The van der Waals surface area contributed by atoms with Crippen molar-refractivity contribution in [2.24, 2.45) is 0 Å². The predicted molar refractivity (Wildman–Crippen MR) is 98.8 cm³/mol. The van der Waals surface area contributed by atoms with Gasteiger partial charge in [0.2, 0.25) is 11.6 Å². The van der Waals surface area contributed by atoms with E-state index in [1.807, 2.05) is 30.3 Å². The third-order valence-electron chi connectivity index (χ3n) is 3.77. The number of carbonyl (C=O) groups is 2. The molecule has 124 valence electrons. The van der Waals surface area contributed by atoms with E-state index in [9.17, 15) is 19.8 Å². The second kappa shape index (κ2) is 6.91. The Morgan fingerprint density at radius 3 is 2.04 bits per heavy atom. The Kier molecular flexibility index (Phi) is 4.67. The standard InChI is InChI=1S/C20H13BrO4/c21-14-9-7-13(8-10-14)16-19(24)17(22)15(18(23)20(16)25)11-6-12-4-2-1-3-5-12/h1-11,22,25H/b11-6+. The lowest BCUT2D eigenvalue weighted by Crippen LogP contribution is -2.22. The zero-order valence-corrected chi connectivity index (χ0v) is 14.5. The second-order valence-corrected chi connectivity index (χ2v) is 6.31. The van der Waals surface area contributed by atoms with Gasteiger partial charge in [-0.15, -0.1) is 0 Å². The Morgan fingerprint density at radius 2 is 1.40 bits per heavy atom. The van der Waals surface area contributed by atoms with Crippen LogP contribution in [-0.2, 0) is 9.59 Å². The molecule has 0 atom stereocenters. The fraction of sp³-hybridized carbons (Fsp3) is 0. The summed E-state index contributed by atoms with van der Waals surface area (Å²) in [6.07, 6.45) is 2.92. The molecule has 0 fully saturated rings. The van der Waals surface area contributed by atoms with Crippen LogP contribution in [0.25, 0.3) is 11.6 Å². The molecule has 25 heavy (non-hydrogen) atoms. The lowest BCUT2D eigenvalue weighted by molar-refractivity contribution is -0.118. The molecule has 0 unspecified atom stereocenters. The summed E-state index contributed by atoms with van der Waals surface area (Å²) < 4.78 is 0.789. The largest absolute Gasteiger partial charge is 0.504 e. The van der Waals surface area contributed by atoms with Gasteiger partial charge in [0, 0.05) is 4.47 Å². The smallest absolute Gasteiger partial charge is 0.232 e. The Labute approximate surface area is 152 Å². The Bertz CT molecular complexity index is 935. The molecular weight excluding hydrogens is 384 g/mol. The van der Waals surface area contributed by atoms with Crippen LogP contribution in [0, 0.1) is 0 Å². The van der Waals surface area contributed by atoms with E-state index < -0.39 is 23.1 Å². The number of ketones is 2. The van der Waals surface area contributed by atoms with Crippen LogP contribution in [0.15, 0.2) is 82.2 Å². The molecule has 2 N–H and O–H groups in total. The Hall–Kier alpha value is -2.92. The number of allylic oxidation sites excluding steroid dienone is 3. The summed E-state index contributed by atoms with van der Waals surface area (Å²) in [5.41, 5.74) is 0.723. The van der Waals surface area contributed by atoms with E-state index in [-0.39, 0.29) is 11.1 Å². The molecule has 3 rings (SSSR count). The number of hydrogen-bond acceptors (Lipinski definition) is 4. The van der Waals surface area contributed by atoms with Crippen molar-refractivity contribution in [3.05, 3.63) is 93.4 Å². The van der Waals surface area contributed by atoms with E-state index in [0.717, 1.165) is 10.0 Å². The van der Waals surface area contributed by atoms with Gasteiger partial charge in [-0.25, -0.2) is 0 Å². The van der Waals surface area contributed by atoms with Crippen LogP contribution >= 0.6 is 15.9 Å². The van der Waals surface area contributed by atoms with E-state index in [1.165, 1.54) is 6.08 Å². The quantitative estimate of drug-likeness (QED) is 0.754. The van der Waals surface area contributed by atoms with Gasteiger partial charge in [0.05, 0.1) is 11.1 Å². The average molecular weight is 397 g/mol. The molecule has 1 aliphatic rings. The SMILES string of the molecule is O=C1C(O)=C(c2ccc(Br)cc2)C(=O)C(O)=C1/C=C/c1ccccc1. The first-order valence-electron chi connectivity index (χ1n) is 7.44. The zero-order chi connectivity index (χ0) is 18.0. The molecule has 0 heterocycles. The summed E-state index contributed by atoms with van der Waals surface area (Å²) in [5, 5.41) is 20.4. The lowest BCUT2D eigenvalue weighted by atomic mass is 9.89. The van der Waals surface area contributed by atoms with Gasteiger partial charge >= 0.3 is 0 Å². The van der Waals surface area contributed by atoms with Gasteiger partial charge in [-0.3, -0.25) is 9.59 Å². The molecule has 2 aromatic carbocycles. The number of hydrogen-bond donors (Lipinski definition) is 2. The number of halogens is 1. The number of carbonyl (C=O) groups excluding carboxylic acids is 2. The molecule has 0 aromatic heterocycles. The van der Waals surface area contributed by atoms with Crippen molar-refractivity contribution in [2.45, 2.75) is 0 Å². The lowest BCUT2D eigenvalue weighted by Gasteiger charge is -2.16. The summed E-state index contributed by atoms with van der Waals surface area (Å²) in [7, 11) is 0. The third-order valence-corrected chi connectivity index (χ3v) is 4.30. The first-order valence-corrected chi connectivity index (χ1v) is 8.23. The van der Waals surface area contributed by atoms with Gasteiger partial charge in [-0.1, -0.05) is 64.5 Å². The van der Waals surface area contributed by atoms with Crippen molar-refractivity contribution in [2.75, 3.05) is 0 Å². The van der Waals surface area contributed by atoms with Crippen LogP contribution in [0.4, 0.5) is 0 Å². The van der Waals surface area contributed by atoms with Gasteiger partial charge < -0.3 is 10.2 Å². The van der Waals surface area contributed by atoms with Gasteiger partial charge in [0.25, 0.3) is 0 Å². The summed E-state index contributed by atoms with van der Waals surface area (Å²) >= 11 is 3.28. The molecule has 0 aliphatic heterocycles. The number of Topliss-reactive ketones (excluding diaryl/α,β-unsaturated/α-hetero) is 2. The minimum absolute atomic E-state index is 0.202. The Balaban J connectivity index is 2.00. The maximum absolute atomic E-state index is 12.5. The summed E-state index contributed by atoms with van der Waals surface area (Å²) in [5.74, 6) is -2.92. The first kappa shape index (κ1) is 16.9. The van der Waals surface area contributed by atoms with Gasteiger partial charge in [-0.2, -0.15) is 0 Å². The molecular formula is C20H13BrO4. The summed E-state index contributed by atoms with van der Waals surface area (Å²) in [6, 6.07) is 15.6. The predicted octanol–water partition coefficient (Wildman–Crippen LogP) is 4.40. The number of rotatable bonds is 3. The molecule has 0 radical (unpaired) electrons.